The third kappa shape index (κ3) is 3.94. The second-order valence-corrected chi connectivity index (χ2v) is 5.82. The molecule has 1 N–H and O–H groups in total. The van der Waals surface area contributed by atoms with Crippen molar-refractivity contribution in [3.63, 3.8) is 0 Å². The van der Waals surface area contributed by atoms with E-state index >= 15 is 0 Å². The predicted octanol–water partition coefficient (Wildman–Crippen LogP) is 1.54. The van der Waals surface area contributed by atoms with E-state index in [-0.39, 0.29) is 0 Å². The van der Waals surface area contributed by atoms with E-state index in [1.807, 2.05) is 0 Å². The van der Waals surface area contributed by atoms with Crippen LogP contribution in [0.2, 0.25) is 0 Å². The van der Waals surface area contributed by atoms with Gasteiger partial charge in [-0.3, -0.25) is 4.90 Å². The van der Waals surface area contributed by atoms with Gasteiger partial charge in [-0.05, 0) is 65.3 Å². The SMILES string of the molecule is CCCN(CC1CCCN1)C1CCN(C)CC1. The molecule has 0 amide bonds. The molecule has 0 spiro atoms. The number of nitrogens with one attached hydrogen (secondary N) is 1. The van der Waals surface area contributed by atoms with E-state index in [2.05, 4.69) is 29.1 Å². The summed E-state index contributed by atoms with van der Waals surface area (Å²) in [5.74, 6) is 0. The summed E-state index contributed by atoms with van der Waals surface area (Å²) in [6.45, 7) is 8.67. The van der Waals surface area contributed by atoms with Crippen LogP contribution in [0, 0.1) is 0 Å². The third-order valence-corrected chi connectivity index (χ3v) is 4.33. The highest BCUT2D eigenvalue weighted by atomic mass is 15.2. The molecule has 2 saturated heterocycles. The first-order valence-electron chi connectivity index (χ1n) is 7.45. The Morgan fingerprint density at radius 2 is 2.00 bits per heavy atom. The van der Waals surface area contributed by atoms with Gasteiger partial charge in [-0.25, -0.2) is 0 Å². The molecule has 0 aromatic carbocycles. The van der Waals surface area contributed by atoms with Gasteiger partial charge in [0.15, 0.2) is 0 Å². The summed E-state index contributed by atoms with van der Waals surface area (Å²) in [6, 6.07) is 1.61. The van der Waals surface area contributed by atoms with E-state index in [4.69, 9.17) is 0 Å². The Balaban J connectivity index is 1.82. The molecule has 1 atom stereocenters. The molecule has 0 aromatic rings. The summed E-state index contributed by atoms with van der Waals surface area (Å²) in [4.78, 5) is 5.23. The molecule has 0 radical (unpaired) electrons. The second-order valence-electron chi connectivity index (χ2n) is 5.82. The van der Waals surface area contributed by atoms with Gasteiger partial charge in [0.25, 0.3) is 0 Å². The fourth-order valence-corrected chi connectivity index (χ4v) is 3.27. The molecule has 3 heteroatoms. The van der Waals surface area contributed by atoms with Crippen molar-refractivity contribution in [1.29, 1.82) is 0 Å². The quantitative estimate of drug-likeness (QED) is 0.785. The Kier molecular flexibility index (Phi) is 5.26. The lowest BCUT2D eigenvalue weighted by Crippen LogP contribution is -2.48. The summed E-state index contributed by atoms with van der Waals surface area (Å²) in [5, 5.41) is 3.64. The Hall–Kier alpha value is -0.120. The summed E-state index contributed by atoms with van der Waals surface area (Å²) in [6.07, 6.45) is 6.77. The topological polar surface area (TPSA) is 18.5 Å². The van der Waals surface area contributed by atoms with Crippen molar-refractivity contribution in [2.24, 2.45) is 0 Å². The lowest BCUT2D eigenvalue weighted by molar-refractivity contribution is 0.112. The van der Waals surface area contributed by atoms with Crippen molar-refractivity contribution < 1.29 is 0 Å². The molecule has 100 valence electrons. The Labute approximate surface area is 107 Å². The molecule has 17 heavy (non-hydrogen) atoms. The van der Waals surface area contributed by atoms with Crippen LogP contribution in [-0.4, -0.2) is 61.7 Å². The van der Waals surface area contributed by atoms with E-state index in [0.717, 1.165) is 12.1 Å². The Morgan fingerprint density at radius 1 is 1.24 bits per heavy atom. The van der Waals surface area contributed by atoms with E-state index in [0.29, 0.717) is 0 Å². The summed E-state index contributed by atoms with van der Waals surface area (Å²) in [7, 11) is 2.25. The second kappa shape index (κ2) is 6.72. The highest BCUT2D eigenvalue weighted by Gasteiger charge is 2.25. The maximum absolute atomic E-state index is 3.64. The fraction of sp³-hybridized carbons (Fsp3) is 1.00. The van der Waals surface area contributed by atoms with Crippen LogP contribution in [-0.2, 0) is 0 Å². The Bertz CT molecular complexity index is 206. The predicted molar refractivity (Wildman–Crippen MR) is 73.4 cm³/mol. The molecule has 2 fully saturated rings. The largest absolute Gasteiger partial charge is 0.313 e. The Morgan fingerprint density at radius 3 is 2.59 bits per heavy atom. The molecule has 0 aliphatic carbocycles. The zero-order chi connectivity index (χ0) is 12.1. The van der Waals surface area contributed by atoms with Gasteiger partial charge in [0, 0.05) is 18.6 Å². The van der Waals surface area contributed by atoms with Gasteiger partial charge in [-0.2, -0.15) is 0 Å². The van der Waals surface area contributed by atoms with Crippen LogP contribution < -0.4 is 5.32 Å². The number of nitrogens with zero attached hydrogens (tertiary/aromatic N) is 2. The van der Waals surface area contributed by atoms with Crippen LogP contribution in [0.25, 0.3) is 0 Å². The molecular formula is C14H29N3. The van der Waals surface area contributed by atoms with E-state index in [1.165, 1.54) is 64.8 Å². The average molecular weight is 239 g/mol. The number of rotatable bonds is 5. The number of hydrogen-bond donors (Lipinski definition) is 1. The minimum atomic E-state index is 0.765. The van der Waals surface area contributed by atoms with Crippen molar-refractivity contribution >= 4 is 0 Å². The van der Waals surface area contributed by atoms with Gasteiger partial charge in [-0.15, -0.1) is 0 Å². The lowest BCUT2D eigenvalue weighted by Gasteiger charge is -2.38. The van der Waals surface area contributed by atoms with Gasteiger partial charge in [0.2, 0.25) is 0 Å². The van der Waals surface area contributed by atoms with E-state index < -0.39 is 0 Å². The van der Waals surface area contributed by atoms with Crippen LogP contribution >= 0.6 is 0 Å². The molecule has 2 aliphatic heterocycles. The smallest absolute Gasteiger partial charge is 0.0195 e. The van der Waals surface area contributed by atoms with Crippen LogP contribution in [0.1, 0.15) is 39.0 Å². The number of hydrogen-bond acceptors (Lipinski definition) is 3. The first-order valence-corrected chi connectivity index (χ1v) is 7.45. The summed E-state index contributed by atoms with van der Waals surface area (Å²) in [5.41, 5.74) is 0. The lowest BCUT2D eigenvalue weighted by atomic mass is 10.0. The van der Waals surface area contributed by atoms with Crippen molar-refractivity contribution in [3.8, 4) is 0 Å². The van der Waals surface area contributed by atoms with Crippen LogP contribution in [0.3, 0.4) is 0 Å². The van der Waals surface area contributed by atoms with Crippen LogP contribution in [0.15, 0.2) is 0 Å². The van der Waals surface area contributed by atoms with Crippen LogP contribution in [0.5, 0.6) is 0 Å². The van der Waals surface area contributed by atoms with Crippen molar-refractivity contribution in [1.82, 2.24) is 15.1 Å². The van der Waals surface area contributed by atoms with Gasteiger partial charge in [-0.1, -0.05) is 6.92 Å². The molecule has 2 rings (SSSR count). The van der Waals surface area contributed by atoms with Gasteiger partial charge in [0.05, 0.1) is 0 Å². The summed E-state index contributed by atoms with van der Waals surface area (Å²) >= 11 is 0. The normalized spacial score (nSPS) is 28.1. The van der Waals surface area contributed by atoms with Gasteiger partial charge < -0.3 is 10.2 Å². The average Bonchev–Trinajstić information content (AvgIpc) is 2.82. The van der Waals surface area contributed by atoms with Crippen molar-refractivity contribution in [3.05, 3.63) is 0 Å². The zero-order valence-corrected chi connectivity index (χ0v) is 11.6. The monoisotopic (exact) mass is 239 g/mol. The fourth-order valence-electron chi connectivity index (χ4n) is 3.27. The molecule has 2 aliphatic rings. The van der Waals surface area contributed by atoms with Crippen LogP contribution in [0.4, 0.5) is 0 Å². The zero-order valence-electron chi connectivity index (χ0n) is 11.6. The third-order valence-electron chi connectivity index (χ3n) is 4.33. The molecule has 1 unspecified atom stereocenters. The molecule has 0 saturated carbocycles. The maximum Gasteiger partial charge on any atom is 0.0195 e. The molecule has 3 nitrogen and oxygen atoms in total. The van der Waals surface area contributed by atoms with Gasteiger partial charge in [0.1, 0.15) is 0 Å². The standard InChI is InChI=1S/C14H29N3/c1-3-9-17(12-13-5-4-8-15-13)14-6-10-16(2)11-7-14/h13-15H,3-12H2,1-2H3. The molecule has 0 aromatic heterocycles. The van der Waals surface area contributed by atoms with Gasteiger partial charge >= 0.3 is 0 Å². The highest BCUT2D eigenvalue weighted by molar-refractivity contribution is 4.84. The maximum atomic E-state index is 3.64. The molecule has 0 bridgehead atoms. The van der Waals surface area contributed by atoms with Crippen molar-refractivity contribution in [2.45, 2.75) is 51.1 Å². The number of piperidine rings is 1. The van der Waals surface area contributed by atoms with E-state index in [9.17, 15) is 0 Å². The van der Waals surface area contributed by atoms with Crippen molar-refractivity contribution in [2.75, 3.05) is 39.8 Å². The van der Waals surface area contributed by atoms with E-state index in [1.54, 1.807) is 0 Å². The summed E-state index contributed by atoms with van der Waals surface area (Å²) < 4.78 is 0. The number of likely N-dealkylation sites (tertiary alicyclic amines) is 1. The minimum Gasteiger partial charge on any atom is -0.313 e. The first-order chi connectivity index (χ1) is 8.29. The first kappa shape index (κ1) is 13.3. The highest BCUT2D eigenvalue weighted by Crippen LogP contribution is 2.18. The molecule has 2 heterocycles. The minimum absolute atomic E-state index is 0.765. The molecular weight excluding hydrogens is 210 g/mol.